The number of rotatable bonds is 9. The number of carbonyl (C=O) groups is 2. The molecular weight excluding hydrogens is 420 g/mol. The van der Waals surface area contributed by atoms with E-state index in [1.807, 2.05) is 0 Å². The van der Waals surface area contributed by atoms with E-state index >= 15 is 0 Å². The van der Waals surface area contributed by atoms with Gasteiger partial charge in [-0.1, -0.05) is 24.3 Å². The van der Waals surface area contributed by atoms with Gasteiger partial charge >= 0.3 is 0 Å². The van der Waals surface area contributed by atoms with E-state index in [1.165, 1.54) is 30.2 Å². The number of aliphatic hydroxyl groups excluding tert-OH is 2. The Balaban J connectivity index is 2.11. The van der Waals surface area contributed by atoms with Crippen molar-refractivity contribution in [3.63, 3.8) is 0 Å². The minimum atomic E-state index is -0.956. The average Bonchev–Trinajstić information content (AvgIpc) is 3.06. The van der Waals surface area contributed by atoms with Gasteiger partial charge in [0.2, 0.25) is 0 Å². The summed E-state index contributed by atoms with van der Waals surface area (Å²) in [6, 6.07) is 10.9. The van der Waals surface area contributed by atoms with Crippen LogP contribution < -0.4 is 4.74 Å². The van der Waals surface area contributed by atoms with Crippen LogP contribution in [0, 0.1) is 10.1 Å². The third kappa shape index (κ3) is 4.61. The molecule has 0 saturated carbocycles. The Kier molecular flexibility index (Phi) is 7.18. The molecule has 0 aliphatic carbocycles. The van der Waals surface area contributed by atoms with Crippen LogP contribution in [0.5, 0.6) is 5.75 Å². The van der Waals surface area contributed by atoms with Gasteiger partial charge in [0, 0.05) is 24.2 Å². The molecule has 10 nitrogen and oxygen atoms in total. The summed E-state index contributed by atoms with van der Waals surface area (Å²) in [4.78, 5) is 37.5. The maximum atomic E-state index is 12.9. The molecule has 10 heteroatoms. The lowest BCUT2D eigenvalue weighted by Crippen LogP contribution is -2.33. The van der Waals surface area contributed by atoms with E-state index in [0.717, 1.165) is 6.07 Å². The Morgan fingerprint density at radius 3 is 2.59 bits per heavy atom. The number of likely N-dealkylation sites (tertiary alicyclic amines) is 1. The first kappa shape index (κ1) is 22.9. The van der Waals surface area contributed by atoms with Gasteiger partial charge in [0.1, 0.15) is 11.5 Å². The van der Waals surface area contributed by atoms with E-state index in [1.54, 1.807) is 24.3 Å². The van der Waals surface area contributed by atoms with Gasteiger partial charge in [-0.15, -0.1) is 0 Å². The van der Waals surface area contributed by atoms with E-state index in [-0.39, 0.29) is 43.2 Å². The van der Waals surface area contributed by atoms with Crippen LogP contribution in [0.2, 0.25) is 0 Å². The Hall–Kier alpha value is -3.76. The van der Waals surface area contributed by atoms with Gasteiger partial charge in [0.25, 0.3) is 17.4 Å². The van der Waals surface area contributed by atoms with Gasteiger partial charge in [-0.3, -0.25) is 19.7 Å². The Morgan fingerprint density at radius 1 is 1.16 bits per heavy atom. The van der Waals surface area contributed by atoms with Gasteiger partial charge in [0.15, 0.2) is 0 Å². The third-order valence-corrected chi connectivity index (χ3v) is 4.99. The van der Waals surface area contributed by atoms with Gasteiger partial charge < -0.3 is 24.6 Å². The second-order valence-corrected chi connectivity index (χ2v) is 6.91. The first-order valence-corrected chi connectivity index (χ1v) is 9.74. The molecule has 1 amide bonds. The van der Waals surface area contributed by atoms with E-state index < -0.39 is 28.4 Å². The van der Waals surface area contributed by atoms with Crippen LogP contribution in [-0.2, 0) is 14.3 Å². The highest BCUT2D eigenvalue weighted by Crippen LogP contribution is 2.40. The molecule has 168 valence electrons. The monoisotopic (exact) mass is 442 g/mol. The summed E-state index contributed by atoms with van der Waals surface area (Å²) in [6.45, 7) is -0.0323. The number of methoxy groups -OCH3 is 1. The summed E-state index contributed by atoms with van der Waals surface area (Å²) < 4.78 is 10.5. The number of benzene rings is 2. The van der Waals surface area contributed by atoms with Crippen molar-refractivity contribution in [1.29, 1.82) is 0 Å². The maximum Gasteiger partial charge on any atom is 0.295 e. The van der Waals surface area contributed by atoms with Crippen molar-refractivity contribution in [3.05, 3.63) is 75.3 Å². The van der Waals surface area contributed by atoms with Crippen LogP contribution in [0.4, 0.5) is 5.69 Å². The maximum absolute atomic E-state index is 12.9. The quantitative estimate of drug-likeness (QED) is 0.150. The normalized spacial score (nSPS) is 17.6. The first-order valence-electron chi connectivity index (χ1n) is 9.74. The van der Waals surface area contributed by atoms with Crippen LogP contribution in [-0.4, -0.2) is 65.2 Å². The molecule has 1 fully saturated rings. The molecule has 0 bridgehead atoms. The second kappa shape index (κ2) is 10.0. The number of amides is 1. The van der Waals surface area contributed by atoms with Gasteiger partial charge in [0.05, 0.1) is 43.5 Å². The van der Waals surface area contributed by atoms with Crippen LogP contribution in [0.1, 0.15) is 17.2 Å². The van der Waals surface area contributed by atoms with Crippen molar-refractivity contribution >= 4 is 23.1 Å². The number of nitro groups is 1. The Bertz CT molecular complexity index is 1070. The fourth-order valence-corrected chi connectivity index (χ4v) is 3.52. The molecule has 0 spiro atoms. The molecule has 0 unspecified atom stereocenters. The average molecular weight is 442 g/mol. The van der Waals surface area contributed by atoms with Crippen molar-refractivity contribution in [1.82, 2.24) is 4.90 Å². The van der Waals surface area contributed by atoms with Gasteiger partial charge in [-0.25, -0.2) is 0 Å². The molecule has 32 heavy (non-hydrogen) atoms. The van der Waals surface area contributed by atoms with Crippen molar-refractivity contribution in [3.8, 4) is 5.75 Å². The molecule has 1 aliphatic heterocycles. The number of hydrogen-bond donors (Lipinski definition) is 2. The zero-order valence-corrected chi connectivity index (χ0v) is 17.3. The van der Waals surface area contributed by atoms with E-state index in [4.69, 9.17) is 14.6 Å². The van der Waals surface area contributed by atoms with Crippen molar-refractivity contribution in [2.24, 2.45) is 0 Å². The number of carbonyl (C=O) groups excluding carboxylic acids is 2. The van der Waals surface area contributed by atoms with Gasteiger partial charge in [-0.05, 0) is 17.7 Å². The molecule has 1 heterocycles. The predicted molar refractivity (Wildman–Crippen MR) is 113 cm³/mol. The molecule has 2 N–H and O–H groups in total. The number of ether oxygens (including phenoxy) is 2. The van der Waals surface area contributed by atoms with Crippen LogP contribution in [0.3, 0.4) is 0 Å². The number of nitrogens with zero attached hydrogens (tertiary/aromatic N) is 2. The highest BCUT2D eigenvalue weighted by Gasteiger charge is 2.46. The Labute approximate surface area is 183 Å². The van der Waals surface area contributed by atoms with E-state index in [9.17, 15) is 24.8 Å². The van der Waals surface area contributed by atoms with Crippen molar-refractivity contribution in [2.75, 3.05) is 33.5 Å². The SMILES string of the molecule is COc1cccc([C@H]2/C(=C(\O)c3cccc([N+](=O)[O-])c3)C(=O)C(=O)N2CCOCCO)c1. The third-order valence-electron chi connectivity index (χ3n) is 4.99. The summed E-state index contributed by atoms with van der Waals surface area (Å²) >= 11 is 0. The van der Waals surface area contributed by atoms with Crippen molar-refractivity contribution < 1.29 is 34.2 Å². The molecule has 1 aliphatic rings. The fraction of sp³-hybridized carbons (Fsp3) is 0.273. The van der Waals surface area contributed by atoms with Gasteiger partial charge in [-0.2, -0.15) is 0 Å². The second-order valence-electron chi connectivity index (χ2n) is 6.91. The summed E-state index contributed by atoms with van der Waals surface area (Å²) in [5.74, 6) is -1.78. The minimum absolute atomic E-state index is 0.0260. The van der Waals surface area contributed by atoms with Crippen LogP contribution in [0.25, 0.3) is 5.76 Å². The number of hydrogen-bond acceptors (Lipinski definition) is 8. The molecule has 2 aromatic carbocycles. The molecule has 0 radical (unpaired) electrons. The zero-order chi connectivity index (χ0) is 23.3. The molecule has 1 atom stereocenters. The number of nitro benzene ring substituents is 1. The molecule has 1 saturated heterocycles. The zero-order valence-electron chi connectivity index (χ0n) is 17.3. The minimum Gasteiger partial charge on any atom is -0.507 e. The van der Waals surface area contributed by atoms with Crippen LogP contribution >= 0.6 is 0 Å². The standard InChI is InChI=1S/C22H22N2O8/c1-31-17-7-3-4-14(13-17)19-18(20(26)15-5-2-6-16(12-15)24(29)30)21(27)22(28)23(19)8-10-32-11-9-25/h2-7,12-13,19,25-26H,8-11H2,1H3/b20-18+/t19-/m0/s1. The van der Waals surface area contributed by atoms with E-state index in [0.29, 0.717) is 11.3 Å². The number of non-ortho nitro benzene ring substituents is 1. The summed E-state index contributed by atoms with van der Waals surface area (Å²) in [5.41, 5.74) is 0.101. The highest BCUT2D eigenvalue weighted by molar-refractivity contribution is 6.46. The lowest BCUT2D eigenvalue weighted by molar-refractivity contribution is -0.384. The summed E-state index contributed by atoms with van der Waals surface area (Å²) in [7, 11) is 1.47. The molecule has 0 aromatic heterocycles. The lowest BCUT2D eigenvalue weighted by Gasteiger charge is -2.25. The number of Topliss-reactive ketones (excluding diaryl/α,β-unsaturated/α-hetero) is 1. The number of ketones is 1. The number of aliphatic hydroxyl groups is 2. The summed E-state index contributed by atoms with van der Waals surface area (Å²) in [6.07, 6.45) is 0. The Morgan fingerprint density at radius 2 is 1.91 bits per heavy atom. The van der Waals surface area contributed by atoms with Crippen LogP contribution in [0.15, 0.2) is 54.1 Å². The summed E-state index contributed by atoms with van der Waals surface area (Å²) in [5, 5.41) is 31.0. The predicted octanol–water partition coefficient (Wildman–Crippen LogP) is 2.03. The smallest absolute Gasteiger partial charge is 0.295 e. The molecule has 2 aromatic rings. The van der Waals surface area contributed by atoms with E-state index in [2.05, 4.69) is 0 Å². The largest absolute Gasteiger partial charge is 0.507 e. The lowest BCUT2D eigenvalue weighted by atomic mass is 9.95. The highest BCUT2D eigenvalue weighted by atomic mass is 16.6. The molecule has 3 rings (SSSR count). The fourth-order valence-electron chi connectivity index (χ4n) is 3.52. The topological polar surface area (TPSA) is 139 Å². The molecular formula is C22H22N2O8. The first-order chi connectivity index (χ1) is 15.4. The van der Waals surface area contributed by atoms with Crippen molar-refractivity contribution in [2.45, 2.75) is 6.04 Å².